The molecule has 100 valence electrons. The fourth-order valence-corrected chi connectivity index (χ4v) is 2.52. The van der Waals surface area contributed by atoms with E-state index in [4.69, 9.17) is 9.26 Å². The fourth-order valence-electron chi connectivity index (χ4n) is 2.52. The molecule has 6 nitrogen and oxygen atoms in total. The second-order valence-electron chi connectivity index (χ2n) is 5.26. The fraction of sp³-hybridized carbons (Fsp3) is 0.833. The van der Waals surface area contributed by atoms with Gasteiger partial charge in [0.25, 0.3) is 5.89 Å². The number of aliphatic hydroxyl groups is 1. The molecular weight excluding hydrogens is 234 g/mol. The molecule has 2 aliphatic rings. The van der Waals surface area contributed by atoms with Crippen LogP contribution in [0.15, 0.2) is 4.52 Å². The van der Waals surface area contributed by atoms with E-state index in [1.165, 1.54) is 0 Å². The van der Waals surface area contributed by atoms with Crippen LogP contribution in [0.1, 0.15) is 43.5 Å². The molecular formula is C12H19N3O3. The molecule has 1 aliphatic carbocycles. The van der Waals surface area contributed by atoms with Gasteiger partial charge in [0, 0.05) is 13.7 Å². The molecule has 1 aromatic heterocycles. The van der Waals surface area contributed by atoms with E-state index in [0.717, 1.165) is 25.8 Å². The van der Waals surface area contributed by atoms with Crippen molar-refractivity contribution >= 4 is 0 Å². The summed E-state index contributed by atoms with van der Waals surface area (Å²) in [6, 6.07) is 0. The molecule has 0 radical (unpaired) electrons. The Hall–Kier alpha value is -0.980. The van der Waals surface area contributed by atoms with E-state index in [9.17, 15) is 5.11 Å². The van der Waals surface area contributed by atoms with Gasteiger partial charge in [0.15, 0.2) is 5.60 Å². The van der Waals surface area contributed by atoms with E-state index in [-0.39, 0.29) is 6.10 Å². The highest BCUT2D eigenvalue weighted by atomic mass is 16.5. The molecule has 0 spiro atoms. The third-order valence-corrected chi connectivity index (χ3v) is 3.76. The molecule has 2 atom stereocenters. The third kappa shape index (κ3) is 2.15. The molecule has 0 amide bonds. The Morgan fingerprint density at radius 2 is 2.39 bits per heavy atom. The van der Waals surface area contributed by atoms with Crippen LogP contribution in [0.5, 0.6) is 0 Å². The van der Waals surface area contributed by atoms with Crippen LogP contribution in [0.2, 0.25) is 0 Å². The molecule has 6 heteroatoms. The second kappa shape index (κ2) is 4.60. The largest absolute Gasteiger partial charge is 0.379 e. The lowest BCUT2D eigenvalue weighted by molar-refractivity contribution is -0.0167. The predicted molar refractivity (Wildman–Crippen MR) is 62.8 cm³/mol. The molecule has 2 heterocycles. The van der Waals surface area contributed by atoms with E-state index in [1.54, 1.807) is 7.11 Å². The van der Waals surface area contributed by atoms with Crippen LogP contribution in [0.4, 0.5) is 0 Å². The Morgan fingerprint density at radius 1 is 1.56 bits per heavy atom. The Morgan fingerprint density at radius 3 is 3.00 bits per heavy atom. The highest BCUT2D eigenvalue weighted by Crippen LogP contribution is 2.42. The van der Waals surface area contributed by atoms with Gasteiger partial charge in [0.1, 0.15) is 6.10 Å². The summed E-state index contributed by atoms with van der Waals surface area (Å²) < 4.78 is 10.6. The second-order valence-corrected chi connectivity index (χ2v) is 5.26. The SMILES string of the molecule is COC(c1noc(C2(O)CCCNC2)n1)C1CC1. The van der Waals surface area contributed by atoms with Crippen molar-refractivity contribution in [2.75, 3.05) is 20.2 Å². The molecule has 2 unspecified atom stereocenters. The van der Waals surface area contributed by atoms with E-state index in [2.05, 4.69) is 15.5 Å². The molecule has 2 N–H and O–H groups in total. The monoisotopic (exact) mass is 253 g/mol. The zero-order valence-corrected chi connectivity index (χ0v) is 10.6. The lowest BCUT2D eigenvalue weighted by Crippen LogP contribution is -2.43. The van der Waals surface area contributed by atoms with E-state index in [1.807, 2.05) is 0 Å². The van der Waals surface area contributed by atoms with Crippen LogP contribution >= 0.6 is 0 Å². The van der Waals surface area contributed by atoms with Gasteiger partial charge >= 0.3 is 0 Å². The van der Waals surface area contributed by atoms with E-state index < -0.39 is 5.60 Å². The van der Waals surface area contributed by atoms with Crippen molar-refractivity contribution in [1.82, 2.24) is 15.5 Å². The van der Waals surface area contributed by atoms with Crippen LogP contribution < -0.4 is 5.32 Å². The molecule has 1 aliphatic heterocycles. The van der Waals surface area contributed by atoms with Crippen LogP contribution in [-0.2, 0) is 10.3 Å². The van der Waals surface area contributed by atoms with E-state index in [0.29, 0.717) is 30.6 Å². The van der Waals surface area contributed by atoms with Crippen molar-refractivity contribution < 1.29 is 14.4 Å². The van der Waals surface area contributed by atoms with Crippen molar-refractivity contribution in [1.29, 1.82) is 0 Å². The normalized spacial score (nSPS) is 30.3. The molecule has 1 aromatic rings. The third-order valence-electron chi connectivity index (χ3n) is 3.76. The van der Waals surface area contributed by atoms with Crippen LogP contribution in [0, 0.1) is 5.92 Å². The van der Waals surface area contributed by atoms with Crippen molar-refractivity contribution in [3.05, 3.63) is 11.7 Å². The first-order valence-corrected chi connectivity index (χ1v) is 6.53. The molecule has 18 heavy (non-hydrogen) atoms. The number of nitrogens with one attached hydrogen (secondary N) is 1. The van der Waals surface area contributed by atoms with Gasteiger partial charge in [0.05, 0.1) is 0 Å². The number of rotatable bonds is 4. The average Bonchev–Trinajstić information content (AvgIpc) is 3.07. The van der Waals surface area contributed by atoms with Gasteiger partial charge in [-0.1, -0.05) is 5.16 Å². The van der Waals surface area contributed by atoms with E-state index >= 15 is 0 Å². The van der Waals surface area contributed by atoms with Crippen molar-refractivity contribution in [2.24, 2.45) is 5.92 Å². The summed E-state index contributed by atoms with van der Waals surface area (Å²) in [7, 11) is 1.66. The molecule has 1 saturated heterocycles. The minimum atomic E-state index is -1.02. The molecule has 3 rings (SSSR count). The Kier molecular flexibility index (Phi) is 3.09. The summed E-state index contributed by atoms with van der Waals surface area (Å²) in [6.45, 7) is 1.39. The average molecular weight is 253 g/mol. The lowest BCUT2D eigenvalue weighted by Gasteiger charge is -2.28. The van der Waals surface area contributed by atoms with Gasteiger partial charge in [-0.25, -0.2) is 0 Å². The first-order valence-electron chi connectivity index (χ1n) is 6.53. The van der Waals surface area contributed by atoms with Gasteiger partial charge in [-0.2, -0.15) is 4.98 Å². The van der Waals surface area contributed by atoms with Crippen LogP contribution in [0.3, 0.4) is 0 Å². The number of nitrogens with zero attached hydrogens (tertiary/aromatic N) is 2. The van der Waals surface area contributed by atoms with Crippen molar-refractivity contribution in [2.45, 2.75) is 37.4 Å². The van der Waals surface area contributed by atoms with Gasteiger partial charge in [0.2, 0.25) is 5.82 Å². The minimum absolute atomic E-state index is 0.0948. The lowest BCUT2D eigenvalue weighted by atomic mass is 9.94. The quantitative estimate of drug-likeness (QED) is 0.823. The summed E-state index contributed by atoms with van der Waals surface area (Å²) in [5.41, 5.74) is -1.02. The summed E-state index contributed by atoms with van der Waals surface area (Å²) in [5, 5.41) is 17.6. The van der Waals surface area contributed by atoms with Crippen molar-refractivity contribution in [3.63, 3.8) is 0 Å². The maximum Gasteiger partial charge on any atom is 0.260 e. The smallest absolute Gasteiger partial charge is 0.260 e. The van der Waals surface area contributed by atoms with Gasteiger partial charge in [-0.05, 0) is 38.1 Å². The Bertz CT molecular complexity index is 410. The highest BCUT2D eigenvalue weighted by molar-refractivity contribution is 5.05. The number of methoxy groups -OCH3 is 1. The summed E-state index contributed by atoms with van der Waals surface area (Å²) in [4.78, 5) is 4.35. The zero-order chi connectivity index (χ0) is 12.6. The number of hydrogen-bond donors (Lipinski definition) is 2. The predicted octanol–water partition coefficient (Wildman–Crippen LogP) is 0.738. The van der Waals surface area contributed by atoms with Crippen LogP contribution in [-0.4, -0.2) is 35.4 Å². The topological polar surface area (TPSA) is 80.4 Å². The highest BCUT2D eigenvalue weighted by Gasteiger charge is 2.40. The summed E-state index contributed by atoms with van der Waals surface area (Å²) >= 11 is 0. The minimum Gasteiger partial charge on any atom is -0.379 e. The van der Waals surface area contributed by atoms with Crippen LogP contribution in [0.25, 0.3) is 0 Å². The number of β-amino-alcohol motifs (C(OH)–C–C–N with tert-alkyl or cyclic N) is 1. The number of aromatic nitrogens is 2. The molecule has 2 fully saturated rings. The number of piperidine rings is 1. The summed E-state index contributed by atoms with van der Waals surface area (Å²) in [5.74, 6) is 1.38. The zero-order valence-electron chi connectivity index (χ0n) is 10.6. The van der Waals surface area contributed by atoms with Crippen molar-refractivity contribution in [3.8, 4) is 0 Å². The molecule has 0 bridgehead atoms. The molecule has 1 saturated carbocycles. The van der Waals surface area contributed by atoms with Gasteiger partial charge in [-0.3, -0.25) is 0 Å². The maximum atomic E-state index is 10.5. The first-order chi connectivity index (χ1) is 8.73. The Balaban J connectivity index is 1.79. The van der Waals surface area contributed by atoms with Gasteiger partial charge < -0.3 is 19.7 Å². The van der Waals surface area contributed by atoms with Gasteiger partial charge in [-0.15, -0.1) is 0 Å². The maximum absolute atomic E-state index is 10.5. The first kappa shape index (κ1) is 12.1. The Labute approximate surface area is 106 Å². The number of ether oxygens (including phenoxy) is 1. The number of hydrogen-bond acceptors (Lipinski definition) is 6. The standard InChI is InChI=1S/C12H19N3O3/c1-17-9(8-3-4-8)10-14-11(18-15-10)12(16)5-2-6-13-7-12/h8-9,13,16H,2-7H2,1H3. The summed E-state index contributed by atoms with van der Waals surface area (Å²) in [6.07, 6.45) is 3.76. The molecule has 0 aromatic carbocycles.